The third-order valence-corrected chi connectivity index (χ3v) is 5.44. The van der Waals surface area contributed by atoms with Crippen molar-refractivity contribution in [2.24, 2.45) is 5.10 Å². The fourth-order valence-corrected chi connectivity index (χ4v) is 3.53. The highest BCUT2D eigenvalue weighted by atomic mass is 35.5. The molecule has 0 aliphatic heterocycles. The van der Waals surface area contributed by atoms with Crippen molar-refractivity contribution in [1.29, 1.82) is 0 Å². The molecule has 35 heavy (non-hydrogen) atoms. The summed E-state index contributed by atoms with van der Waals surface area (Å²) in [6.45, 7) is 4.00. The molecule has 0 radical (unpaired) electrons. The summed E-state index contributed by atoms with van der Waals surface area (Å²) in [5.41, 5.74) is 4.93. The largest absolute Gasteiger partial charge is 0.508 e. The van der Waals surface area contributed by atoms with Gasteiger partial charge in [0, 0.05) is 23.7 Å². The molecule has 8 nitrogen and oxygen atoms in total. The molecule has 0 aliphatic rings. The first-order valence-electron chi connectivity index (χ1n) is 11.0. The van der Waals surface area contributed by atoms with Crippen molar-refractivity contribution in [1.82, 2.24) is 10.3 Å². The summed E-state index contributed by atoms with van der Waals surface area (Å²) in [7, 11) is 0. The highest BCUT2D eigenvalue weighted by molar-refractivity contribution is 6.31. The zero-order valence-corrected chi connectivity index (χ0v) is 20.0. The molecule has 2 amide bonds. The minimum atomic E-state index is -0.547. The van der Waals surface area contributed by atoms with E-state index in [4.69, 9.17) is 11.6 Å². The summed E-state index contributed by atoms with van der Waals surface area (Å²) in [6.07, 6.45) is 1.43. The lowest BCUT2D eigenvalue weighted by molar-refractivity contribution is 0.0956. The van der Waals surface area contributed by atoms with Gasteiger partial charge in [0.2, 0.25) is 0 Å². The number of aliphatic hydroxyl groups excluding tert-OH is 1. The zero-order valence-electron chi connectivity index (χ0n) is 19.2. The molecule has 4 N–H and O–H groups in total. The molecule has 0 aliphatic carbocycles. The van der Waals surface area contributed by atoms with Gasteiger partial charge in [-0.2, -0.15) is 5.10 Å². The van der Waals surface area contributed by atoms with Gasteiger partial charge in [-0.05, 0) is 72.3 Å². The average Bonchev–Trinajstić information content (AvgIpc) is 2.86. The number of rotatable bonds is 10. The van der Waals surface area contributed by atoms with Gasteiger partial charge in [-0.15, -0.1) is 0 Å². The van der Waals surface area contributed by atoms with Gasteiger partial charge in [0.1, 0.15) is 5.75 Å². The van der Waals surface area contributed by atoms with Gasteiger partial charge in [-0.3, -0.25) is 14.5 Å². The van der Waals surface area contributed by atoms with E-state index < -0.39 is 5.91 Å². The molecular formula is C26H27ClN4O4. The number of hydrogen-bond donors (Lipinski definition) is 4. The van der Waals surface area contributed by atoms with Crippen molar-refractivity contribution < 1.29 is 19.8 Å². The summed E-state index contributed by atoms with van der Waals surface area (Å²) in [4.78, 5) is 27.8. The fourth-order valence-electron chi connectivity index (χ4n) is 3.35. The van der Waals surface area contributed by atoms with Crippen LogP contribution in [0.3, 0.4) is 0 Å². The molecule has 0 bridgehead atoms. The second-order valence-corrected chi connectivity index (χ2v) is 8.16. The smallest absolute Gasteiger partial charge is 0.273 e. The number of halogens is 1. The summed E-state index contributed by atoms with van der Waals surface area (Å²) < 4.78 is 0. The molecule has 3 aromatic carbocycles. The molecule has 0 atom stereocenters. The first-order valence-corrected chi connectivity index (χ1v) is 11.4. The Bertz CT molecular complexity index is 1200. The third kappa shape index (κ3) is 7.65. The van der Waals surface area contributed by atoms with Gasteiger partial charge in [-0.1, -0.05) is 30.7 Å². The Hall–Kier alpha value is -3.72. The molecule has 0 heterocycles. The second kappa shape index (κ2) is 12.7. The SMILES string of the molecule is CCN(CCO)Cc1cccc(C(=O)Nc2ccc(Cl)cc2C(=O)NN=Cc2ccc(O)cc2)c1. The van der Waals surface area contributed by atoms with E-state index in [1.165, 1.54) is 24.4 Å². The van der Waals surface area contributed by atoms with E-state index in [2.05, 4.69) is 20.7 Å². The Morgan fingerprint density at radius 2 is 1.83 bits per heavy atom. The number of benzene rings is 3. The standard InChI is InChI=1S/C26H27ClN4O4/c1-2-31(12-13-32)17-19-4-3-5-20(14-19)25(34)29-24-11-8-21(27)15-23(24)26(35)30-28-16-18-6-9-22(33)10-7-18/h3-11,14-16,32-33H,2,12-13,17H2,1H3,(H,29,34)(H,30,35). The molecule has 9 heteroatoms. The number of nitrogens with zero attached hydrogens (tertiary/aromatic N) is 2. The van der Waals surface area contributed by atoms with Crippen molar-refractivity contribution in [2.75, 3.05) is 25.0 Å². The maximum atomic E-state index is 13.0. The van der Waals surface area contributed by atoms with Crippen molar-refractivity contribution in [2.45, 2.75) is 13.5 Å². The maximum absolute atomic E-state index is 13.0. The second-order valence-electron chi connectivity index (χ2n) is 7.73. The molecule has 0 saturated heterocycles. The highest BCUT2D eigenvalue weighted by Gasteiger charge is 2.16. The van der Waals surface area contributed by atoms with Crippen LogP contribution in [0.15, 0.2) is 71.8 Å². The molecule has 3 rings (SSSR count). The summed E-state index contributed by atoms with van der Waals surface area (Å²) in [5.74, 6) is -0.793. The van der Waals surface area contributed by atoms with E-state index in [1.807, 2.05) is 13.0 Å². The van der Waals surface area contributed by atoms with Crippen molar-refractivity contribution in [3.8, 4) is 5.75 Å². The first kappa shape index (κ1) is 25.9. The number of carbonyl (C=O) groups is 2. The van der Waals surface area contributed by atoms with Crippen molar-refractivity contribution >= 4 is 35.3 Å². The molecule has 0 spiro atoms. The lowest BCUT2D eigenvalue weighted by Crippen LogP contribution is -2.26. The number of hydrogen-bond acceptors (Lipinski definition) is 6. The van der Waals surface area contributed by atoms with Crippen LogP contribution in [-0.4, -0.2) is 52.8 Å². The average molecular weight is 495 g/mol. The quantitative estimate of drug-likeness (QED) is 0.252. The molecule has 0 aromatic heterocycles. The topological polar surface area (TPSA) is 114 Å². The monoisotopic (exact) mass is 494 g/mol. The van der Waals surface area contributed by atoms with E-state index in [1.54, 1.807) is 42.5 Å². The number of amides is 2. The summed E-state index contributed by atoms with van der Waals surface area (Å²) in [6, 6.07) is 18.1. The molecule has 0 fully saturated rings. The van der Waals surface area contributed by atoms with Crippen LogP contribution in [0, 0.1) is 0 Å². The predicted octanol–water partition coefficient (Wildman–Crippen LogP) is 3.88. The lowest BCUT2D eigenvalue weighted by Gasteiger charge is -2.19. The molecule has 0 unspecified atom stereocenters. The number of carbonyl (C=O) groups excluding carboxylic acids is 2. The highest BCUT2D eigenvalue weighted by Crippen LogP contribution is 2.22. The van der Waals surface area contributed by atoms with Crippen LogP contribution in [0.2, 0.25) is 5.02 Å². The van der Waals surface area contributed by atoms with E-state index in [0.29, 0.717) is 29.2 Å². The van der Waals surface area contributed by atoms with Gasteiger partial charge in [-0.25, -0.2) is 5.43 Å². The molecule has 182 valence electrons. The van der Waals surface area contributed by atoms with Crippen LogP contribution < -0.4 is 10.7 Å². The summed E-state index contributed by atoms with van der Waals surface area (Å²) in [5, 5.41) is 25.6. The molecular weight excluding hydrogens is 468 g/mol. The zero-order chi connectivity index (χ0) is 25.2. The Balaban J connectivity index is 1.72. The van der Waals surface area contributed by atoms with Gasteiger partial charge < -0.3 is 15.5 Å². The predicted molar refractivity (Wildman–Crippen MR) is 137 cm³/mol. The normalized spacial score (nSPS) is 11.1. The molecule has 0 saturated carbocycles. The van der Waals surface area contributed by atoms with Gasteiger partial charge in [0.25, 0.3) is 11.8 Å². The molecule has 3 aromatic rings. The Morgan fingerprint density at radius 3 is 2.54 bits per heavy atom. The van der Waals surface area contributed by atoms with Crippen molar-refractivity contribution in [3.05, 3.63) is 94.0 Å². The van der Waals surface area contributed by atoms with Crippen molar-refractivity contribution in [3.63, 3.8) is 0 Å². The Morgan fingerprint density at radius 1 is 1.06 bits per heavy atom. The van der Waals surface area contributed by atoms with Crippen LogP contribution in [0.1, 0.15) is 38.8 Å². The van der Waals surface area contributed by atoms with E-state index >= 15 is 0 Å². The maximum Gasteiger partial charge on any atom is 0.273 e. The van der Waals surface area contributed by atoms with E-state index in [9.17, 15) is 19.8 Å². The van der Waals surface area contributed by atoms with E-state index in [-0.39, 0.29) is 29.5 Å². The number of hydrazone groups is 1. The van der Waals surface area contributed by atoms with Gasteiger partial charge in [0.15, 0.2) is 0 Å². The van der Waals surface area contributed by atoms with Crippen LogP contribution in [-0.2, 0) is 6.54 Å². The van der Waals surface area contributed by atoms with Gasteiger partial charge >= 0.3 is 0 Å². The number of aliphatic hydroxyl groups is 1. The Kier molecular flexibility index (Phi) is 9.37. The number of aromatic hydroxyl groups is 1. The number of likely N-dealkylation sites (N-methyl/N-ethyl adjacent to an activating group) is 1. The van der Waals surface area contributed by atoms with Gasteiger partial charge in [0.05, 0.1) is 24.1 Å². The fraction of sp³-hybridized carbons (Fsp3) is 0.192. The Labute approximate surface area is 208 Å². The minimum Gasteiger partial charge on any atom is -0.508 e. The lowest BCUT2D eigenvalue weighted by atomic mass is 10.1. The van der Waals surface area contributed by atoms with E-state index in [0.717, 1.165) is 12.1 Å². The minimum absolute atomic E-state index is 0.0639. The number of phenolic OH excluding ortho intramolecular Hbond substituents is 1. The van der Waals surface area contributed by atoms with Crippen LogP contribution in [0.25, 0.3) is 0 Å². The van der Waals surface area contributed by atoms with Crippen LogP contribution in [0.5, 0.6) is 5.75 Å². The number of anilines is 1. The first-order chi connectivity index (χ1) is 16.9. The summed E-state index contributed by atoms with van der Waals surface area (Å²) >= 11 is 6.09. The van der Waals surface area contributed by atoms with Crippen LogP contribution >= 0.6 is 11.6 Å². The third-order valence-electron chi connectivity index (χ3n) is 5.21. The van der Waals surface area contributed by atoms with Crippen LogP contribution in [0.4, 0.5) is 5.69 Å². The number of nitrogens with one attached hydrogen (secondary N) is 2. The number of phenols is 1.